The number of benzene rings is 2. The second-order valence-electron chi connectivity index (χ2n) is 5.46. The van der Waals surface area contributed by atoms with Gasteiger partial charge in [0.15, 0.2) is 0 Å². The van der Waals surface area contributed by atoms with Crippen LogP contribution in [0.2, 0.25) is 0 Å². The quantitative estimate of drug-likeness (QED) is 0.851. The van der Waals surface area contributed by atoms with E-state index in [0.29, 0.717) is 17.1 Å². The molecule has 0 radical (unpaired) electrons. The molecule has 1 atom stereocenters. The summed E-state index contributed by atoms with van der Waals surface area (Å²) in [7, 11) is 3.13. The molecule has 0 saturated heterocycles. The number of rotatable bonds is 7. The van der Waals surface area contributed by atoms with E-state index < -0.39 is 0 Å². The first kappa shape index (κ1) is 16.9. The van der Waals surface area contributed by atoms with Crippen molar-refractivity contribution in [2.24, 2.45) is 0 Å². The number of methoxy groups -OCH3 is 2. The third kappa shape index (κ3) is 4.74. The number of nitrogens with one attached hydrogen (secondary N) is 1. The van der Waals surface area contributed by atoms with Gasteiger partial charge in [0.05, 0.1) is 19.8 Å². The maximum atomic E-state index is 12.4. The molecule has 1 N–H and O–H groups in total. The van der Waals surface area contributed by atoms with Gasteiger partial charge in [0.25, 0.3) is 5.91 Å². The molecule has 0 fully saturated rings. The van der Waals surface area contributed by atoms with Crippen LogP contribution < -0.4 is 14.8 Å². The van der Waals surface area contributed by atoms with Gasteiger partial charge >= 0.3 is 0 Å². The fourth-order valence-corrected chi connectivity index (χ4v) is 2.39. The van der Waals surface area contributed by atoms with Crippen molar-refractivity contribution in [1.82, 2.24) is 5.32 Å². The Balaban J connectivity index is 1.95. The Morgan fingerprint density at radius 1 is 1.09 bits per heavy atom. The third-order valence-corrected chi connectivity index (χ3v) is 3.74. The van der Waals surface area contributed by atoms with E-state index in [9.17, 15) is 4.79 Å². The van der Waals surface area contributed by atoms with Crippen molar-refractivity contribution in [2.75, 3.05) is 14.2 Å². The summed E-state index contributed by atoms with van der Waals surface area (Å²) in [5.41, 5.74) is 1.79. The topological polar surface area (TPSA) is 47.6 Å². The first-order valence-corrected chi connectivity index (χ1v) is 7.71. The van der Waals surface area contributed by atoms with Crippen LogP contribution in [0.3, 0.4) is 0 Å². The molecule has 0 aliphatic rings. The molecular weight excluding hydrogens is 290 g/mol. The number of aryl methyl sites for hydroxylation is 1. The van der Waals surface area contributed by atoms with Gasteiger partial charge in [0.1, 0.15) is 11.5 Å². The minimum atomic E-state index is -0.134. The molecule has 2 rings (SSSR count). The van der Waals surface area contributed by atoms with E-state index in [4.69, 9.17) is 9.47 Å². The number of hydrogen-bond acceptors (Lipinski definition) is 3. The largest absolute Gasteiger partial charge is 0.497 e. The molecule has 1 amide bonds. The lowest BCUT2D eigenvalue weighted by molar-refractivity contribution is 0.0935. The Morgan fingerprint density at radius 3 is 2.48 bits per heavy atom. The average molecular weight is 313 g/mol. The van der Waals surface area contributed by atoms with Crippen LogP contribution in [-0.4, -0.2) is 26.2 Å². The first-order chi connectivity index (χ1) is 11.1. The standard InChI is InChI=1S/C19H23NO3/c1-14(9-10-15-7-5-4-6-8-15)20-19(21)17-12-11-16(22-2)13-18(17)23-3/h4-8,11-14H,9-10H2,1-3H3,(H,20,21)/t14-/m0/s1. The summed E-state index contributed by atoms with van der Waals surface area (Å²) in [5.74, 6) is 1.04. The molecule has 0 aromatic heterocycles. The van der Waals surface area contributed by atoms with Crippen LogP contribution in [0, 0.1) is 0 Å². The van der Waals surface area contributed by atoms with E-state index in [2.05, 4.69) is 17.4 Å². The Hall–Kier alpha value is -2.49. The lowest BCUT2D eigenvalue weighted by atomic mass is 10.1. The Bertz CT molecular complexity index is 640. The molecule has 0 bridgehead atoms. The minimum absolute atomic E-state index is 0.0783. The number of amides is 1. The van der Waals surface area contributed by atoms with Crippen molar-refractivity contribution in [1.29, 1.82) is 0 Å². The van der Waals surface area contributed by atoms with Crippen LogP contribution in [0.4, 0.5) is 0 Å². The summed E-state index contributed by atoms with van der Waals surface area (Å²) in [5, 5.41) is 3.02. The highest BCUT2D eigenvalue weighted by Crippen LogP contribution is 2.24. The highest BCUT2D eigenvalue weighted by molar-refractivity contribution is 5.97. The number of carbonyl (C=O) groups excluding carboxylic acids is 1. The zero-order valence-corrected chi connectivity index (χ0v) is 13.8. The molecule has 0 heterocycles. The van der Waals surface area contributed by atoms with Crippen LogP contribution in [0.15, 0.2) is 48.5 Å². The molecule has 23 heavy (non-hydrogen) atoms. The molecule has 0 spiro atoms. The van der Waals surface area contributed by atoms with Crippen molar-refractivity contribution in [3.05, 3.63) is 59.7 Å². The molecule has 122 valence electrons. The summed E-state index contributed by atoms with van der Waals surface area (Å²) in [6.07, 6.45) is 1.82. The van der Waals surface area contributed by atoms with Gasteiger partial charge in [-0.15, -0.1) is 0 Å². The number of ether oxygens (including phenoxy) is 2. The van der Waals surface area contributed by atoms with Gasteiger partial charge in [-0.3, -0.25) is 4.79 Å². The smallest absolute Gasteiger partial charge is 0.255 e. The average Bonchev–Trinajstić information content (AvgIpc) is 2.60. The van der Waals surface area contributed by atoms with Gasteiger partial charge in [0.2, 0.25) is 0 Å². The number of carbonyl (C=O) groups is 1. The van der Waals surface area contributed by atoms with E-state index in [1.54, 1.807) is 32.4 Å². The normalized spacial score (nSPS) is 11.6. The Morgan fingerprint density at radius 2 is 1.83 bits per heavy atom. The summed E-state index contributed by atoms with van der Waals surface area (Å²) < 4.78 is 10.4. The van der Waals surface area contributed by atoms with E-state index >= 15 is 0 Å². The van der Waals surface area contributed by atoms with Crippen LogP contribution in [0.5, 0.6) is 11.5 Å². The number of hydrogen-bond donors (Lipinski definition) is 1. The fourth-order valence-electron chi connectivity index (χ4n) is 2.39. The second-order valence-corrected chi connectivity index (χ2v) is 5.46. The highest BCUT2D eigenvalue weighted by atomic mass is 16.5. The van der Waals surface area contributed by atoms with Gasteiger partial charge in [-0.1, -0.05) is 30.3 Å². The molecule has 2 aromatic carbocycles. The monoisotopic (exact) mass is 313 g/mol. The third-order valence-electron chi connectivity index (χ3n) is 3.74. The highest BCUT2D eigenvalue weighted by Gasteiger charge is 2.15. The predicted octanol–water partition coefficient (Wildman–Crippen LogP) is 3.45. The molecule has 4 heteroatoms. The molecule has 2 aromatic rings. The van der Waals surface area contributed by atoms with Crippen molar-refractivity contribution < 1.29 is 14.3 Å². The first-order valence-electron chi connectivity index (χ1n) is 7.71. The summed E-state index contributed by atoms with van der Waals surface area (Å²) in [6, 6.07) is 15.5. The van der Waals surface area contributed by atoms with Gasteiger partial charge in [-0.2, -0.15) is 0 Å². The van der Waals surface area contributed by atoms with Crippen molar-refractivity contribution in [2.45, 2.75) is 25.8 Å². The second kappa shape index (κ2) is 8.22. The Kier molecular flexibility index (Phi) is 6.03. The molecule has 0 unspecified atom stereocenters. The van der Waals surface area contributed by atoms with Crippen molar-refractivity contribution in [3.8, 4) is 11.5 Å². The van der Waals surface area contributed by atoms with E-state index in [-0.39, 0.29) is 11.9 Å². The van der Waals surface area contributed by atoms with E-state index in [1.807, 2.05) is 25.1 Å². The summed E-state index contributed by atoms with van der Waals surface area (Å²) >= 11 is 0. The predicted molar refractivity (Wildman–Crippen MR) is 91.2 cm³/mol. The van der Waals surface area contributed by atoms with Crippen LogP contribution >= 0.6 is 0 Å². The molecule has 0 saturated carbocycles. The zero-order valence-electron chi connectivity index (χ0n) is 13.8. The lowest BCUT2D eigenvalue weighted by Gasteiger charge is -2.16. The lowest BCUT2D eigenvalue weighted by Crippen LogP contribution is -2.33. The Labute approximate surface area is 137 Å². The van der Waals surface area contributed by atoms with Crippen molar-refractivity contribution >= 4 is 5.91 Å². The van der Waals surface area contributed by atoms with Gasteiger partial charge < -0.3 is 14.8 Å². The maximum Gasteiger partial charge on any atom is 0.255 e. The van der Waals surface area contributed by atoms with E-state index in [1.165, 1.54) is 5.56 Å². The summed E-state index contributed by atoms with van der Waals surface area (Å²) in [4.78, 5) is 12.4. The minimum Gasteiger partial charge on any atom is -0.497 e. The molecule has 0 aliphatic heterocycles. The van der Waals surface area contributed by atoms with Gasteiger partial charge in [0, 0.05) is 12.1 Å². The van der Waals surface area contributed by atoms with Gasteiger partial charge in [-0.25, -0.2) is 0 Å². The van der Waals surface area contributed by atoms with Crippen molar-refractivity contribution in [3.63, 3.8) is 0 Å². The van der Waals surface area contributed by atoms with E-state index in [0.717, 1.165) is 12.8 Å². The summed E-state index contributed by atoms with van der Waals surface area (Å²) in [6.45, 7) is 2.01. The fraction of sp³-hybridized carbons (Fsp3) is 0.316. The maximum absolute atomic E-state index is 12.4. The SMILES string of the molecule is COc1ccc(C(=O)N[C@@H](C)CCc2ccccc2)c(OC)c1. The molecular formula is C19H23NO3. The van der Waals surface area contributed by atoms with Crippen LogP contribution in [0.25, 0.3) is 0 Å². The molecule has 4 nitrogen and oxygen atoms in total. The van der Waals surface area contributed by atoms with Crippen LogP contribution in [-0.2, 0) is 6.42 Å². The van der Waals surface area contributed by atoms with Gasteiger partial charge in [-0.05, 0) is 37.5 Å². The van der Waals surface area contributed by atoms with Crippen LogP contribution in [0.1, 0.15) is 29.3 Å². The zero-order chi connectivity index (χ0) is 16.7. The molecule has 0 aliphatic carbocycles.